The molecule has 4 nitrogen and oxygen atoms in total. The first kappa shape index (κ1) is 23.1. The molecule has 0 bridgehead atoms. The van der Waals surface area contributed by atoms with E-state index in [1.807, 2.05) is 74.6 Å². The molecule has 2 aromatic carbocycles. The van der Waals surface area contributed by atoms with Crippen LogP contribution in [0.1, 0.15) is 65.9 Å². The number of esters is 1. The fourth-order valence-corrected chi connectivity index (χ4v) is 4.46. The number of hydrogen-bond donors (Lipinski definition) is 0. The van der Waals surface area contributed by atoms with Crippen LogP contribution in [-0.2, 0) is 17.8 Å². The lowest BCUT2D eigenvalue weighted by Gasteiger charge is -2.16. The Morgan fingerprint density at radius 1 is 1.03 bits per heavy atom. The normalized spacial score (nSPS) is 13.3. The lowest BCUT2D eigenvalue weighted by Crippen LogP contribution is -2.10. The summed E-state index contributed by atoms with van der Waals surface area (Å²) in [5, 5.41) is 0.669. The van der Waals surface area contributed by atoms with E-state index in [-0.39, 0.29) is 5.97 Å². The molecule has 1 aliphatic rings. The third-order valence-corrected chi connectivity index (χ3v) is 6.11. The molecule has 0 amide bonds. The van der Waals surface area contributed by atoms with Gasteiger partial charge in [0.2, 0.25) is 0 Å². The SMILES string of the molecule is CCOC(=O)c1cc(C2=C(c3cc(Cl)ccc3OCc3ccccc3)CCC2)cnc1CC. The van der Waals surface area contributed by atoms with Crippen LogP contribution in [-0.4, -0.2) is 17.6 Å². The Morgan fingerprint density at radius 3 is 2.58 bits per heavy atom. The fourth-order valence-electron chi connectivity index (χ4n) is 4.28. The van der Waals surface area contributed by atoms with E-state index in [0.29, 0.717) is 30.2 Å². The number of ether oxygens (including phenoxy) is 2. The molecule has 0 spiro atoms. The Morgan fingerprint density at radius 2 is 1.82 bits per heavy atom. The number of carbonyl (C=O) groups excluding carboxylic acids is 1. The second kappa shape index (κ2) is 10.7. The summed E-state index contributed by atoms with van der Waals surface area (Å²) in [6, 6.07) is 17.8. The van der Waals surface area contributed by atoms with Gasteiger partial charge in [-0.25, -0.2) is 4.79 Å². The van der Waals surface area contributed by atoms with Gasteiger partial charge >= 0.3 is 5.97 Å². The number of rotatable bonds is 8. The molecule has 0 N–H and O–H groups in total. The quantitative estimate of drug-likeness (QED) is 0.334. The Kier molecular flexibility index (Phi) is 7.46. The minimum absolute atomic E-state index is 0.321. The number of hydrogen-bond acceptors (Lipinski definition) is 4. The smallest absolute Gasteiger partial charge is 0.339 e. The van der Waals surface area contributed by atoms with Gasteiger partial charge in [0.25, 0.3) is 0 Å². The summed E-state index contributed by atoms with van der Waals surface area (Å²) < 4.78 is 11.5. The highest BCUT2D eigenvalue weighted by atomic mass is 35.5. The first-order valence-corrected chi connectivity index (χ1v) is 11.8. The second-order valence-corrected chi connectivity index (χ2v) is 8.45. The van der Waals surface area contributed by atoms with Gasteiger partial charge in [0.1, 0.15) is 12.4 Å². The molecule has 0 atom stereocenters. The lowest BCUT2D eigenvalue weighted by atomic mass is 9.96. The topological polar surface area (TPSA) is 48.4 Å². The van der Waals surface area contributed by atoms with E-state index < -0.39 is 0 Å². The monoisotopic (exact) mass is 461 g/mol. The van der Waals surface area contributed by atoms with Crippen LogP contribution in [0.15, 0.2) is 60.8 Å². The summed E-state index contributed by atoms with van der Waals surface area (Å²) in [4.78, 5) is 17.1. The van der Waals surface area contributed by atoms with E-state index in [4.69, 9.17) is 21.1 Å². The minimum atomic E-state index is -0.321. The summed E-state index contributed by atoms with van der Waals surface area (Å²) in [5.74, 6) is 0.486. The lowest BCUT2D eigenvalue weighted by molar-refractivity contribution is 0.0524. The van der Waals surface area contributed by atoms with Crippen LogP contribution >= 0.6 is 11.6 Å². The molecule has 1 aliphatic carbocycles. The number of carbonyl (C=O) groups is 1. The molecule has 0 saturated carbocycles. The van der Waals surface area contributed by atoms with Gasteiger partial charge in [-0.05, 0) is 79.1 Å². The highest BCUT2D eigenvalue weighted by molar-refractivity contribution is 6.30. The van der Waals surface area contributed by atoms with Gasteiger partial charge < -0.3 is 9.47 Å². The van der Waals surface area contributed by atoms with Crippen molar-refractivity contribution >= 4 is 28.7 Å². The Bertz CT molecular complexity index is 1170. The van der Waals surface area contributed by atoms with Crippen molar-refractivity contribution in [3.8, 4) is 5.75 Å². The number of aromatic nitrogens is 1. The molecule has 4 rings (SSSR count). The van der Waals surface area contributed by atoms with Gasteiger partial charge in [-0.2, -0.15) is 0 Å². The molecule has 0 unspecified atom stereocenters. The van der Waals surface area contributed by atoms with Crippen molar-refractivity contribution in [2.24, 2.45) is 0 Å². The van der Waals surface area contributed by atoms with E-state index in [1.165, 1.54) is 11.1 Å². The van der Waals surface area contributed by atoms with E-state index in [2.05, 4.69) is 4.98 Å². The van der Waals surface area contributed by atoms with Gasteiger partial charge in [0.15, 0.2) is 0 Å². The molecule has 0 aliphatic heterocycles. The number of halogens is 1. The van der Waals surface area contributed by atoms with Crippen LogP contribution in [0.4, 0.5) is 0 Å². The zero-order valence-corrected chi connectivity index (χ0v) is 19.8. The predicted octanol–water partition coefficient (Wildman–Crippen LogP) is 7.15. The van der Waals surface area contributed by atoms with Crippen molar-refractivity contribution in [2.75, 3.05) is 6.61 Å². The largest absolute Gasteiger partial charge is 0.488 e. The highest BCUT2D eigenvalue weighted by Gasteiger charge is 2.23. The zero-order chi connectivity index (χ0) is 23.2. The molecule has 0 saturated heterocycles. The maximum atomic E-state index is 12.5. The van der Waals surface area contributed by atoms with Crippen LogP contribution < -0.4 is 4.74 Å². The van der Waals surface area contributed by atoms with Gasteiger partial charge in [-0.3, -0.25) is 4.98 Å². The van der Waals surface area contributed by atoms with Crippen LogP contribution in [0.2, 0.25) is 5.02 Å². The van der Waals surface area contributed by atoms with Crippen molar-refractivity contribution in [1.29, 1.82) is 0 Å². The molecule has 170 valence electrons. The van der Waals surface area contributed by atoms with E-state index in [9.17, 15) is 4.79 Å². The molecular weight excluding hydrogens is 434 g/mol. The van der Waals surface area contributed by atoms with Crippen LogP contribution in [0.25, 0.3) is 11.1 Å². The van der Waals surface area contributed by atoms with Crippen LogP contribution in [0.5, 0.6) is 5.75 Å². The maximum absolute atomic E-state index is 12.5. The first-order chi connectivity index (χ1) is 16.1. The molecule has 0 fully saturated rings. The summed E-state index contributed by atoms with van der Waals surface area (Å²) in [6.45, 7) is 4.63. The molecule has 5 heteroatoms. The zero-order valence-electron chi connectivity index (χ0n) is 19.1. The molecule has 1 aromatic heterocycles. The Balaban J connectivity index is 1.73. The van der Waals surface area contributed by atoms with Crippen LogP contribution in [0.3, 0.4) is 0 Å². The Labute approximate surface area is 200 Å². The number of pyridine rings is 1. The Hall–Kier alpha value is -3.11. The van der Waals surface area contributed by atoms with E-state index in [1.54, 1.807) is 0 Å². The minimum Gasteiger partial charge on any atom is -0.488 e. The fraction of sp³-hybridized carbons (Fsp3) is 0.286. The van der Waals surface area contributed by atoms with Gasteiger partial charge in [0, 0.05) is 16.8 Å². The van der Waals surface area contributed by atoms with E-state index in [0.717, 1.165) is 47.4 Å². The number of allylic oxidation sites excluding steroid dienone is 2. The number of benzene rings is 2. The highest BCUT2D eigenvalue weighted by Crippen LogP contribution is 2.43. The number of nitrogens with zero attached hydrogens (tertiary/aromatic N) is 1. The molecule has 1 heterocycles. The average molecular weight is 462 g/mol. The summed E-state index contributed by atoms with van der Waals surface area (Å²) in [5.41, 5.74) is 6.75. The second-order valence-electron chi connectivity index (χ2n) is 8.02. The summed E-state index contributed by atoms with van der Waals surface area (Å²) in [6.07, 6.45) is 5.40. The maximum Gasteiger partial charge on any atom is 0.339 e. The molecular formula is C28H28ClNO3. The van der Waals surface area contributed by atoms with Crippen molar-refractivity contribution < 1.29 is 14.3 Å². The molecule has 0 radical (unpaired) electrons. The van der Waals surface area contributed by atoms with Gasteiger partial charge in [-0.1, -0.05) is 48.9 Å². The van der Waals surface area contributed by atoms with Crippen molar-refractivity contribution in [1.82, 2.24) is 4.98 Å². The summed E-state index contributed by atoms with van der Waals surface area (Å²) >= 11 is 6.40. The van der Waals surface area contributed by atoms with Gasteiger partial charge in [0.05, 0.1) is 17.9 Å². The number of aryl methyl sites for hydroxylation is 1. The molecule has 3 aromatic rings. The van der Waals surface area contributed by atoms with Crippen molar-refractivity contribution in [2.45, 2.75) is 46.1 Å². The van der Waals surface area contributed by atoms with Crippen LogP contribution in [0, 0.1) is 0 Å². The third-order valence-electron chi connectivity index (χ3n) is 5.87. The van der Waals surface area contributed by atoms with Gasteiger partial charge in [-0.15, -0.1) is 0 Å². The standard InChI is InChI=1S/C28H28ClNO3/c1-3-26-25(28(31)32-4-2)15-20(17-30-26)22-11-8-12-23(22)24-16-21(29)13-14-27(24)33-18-19-9-6-5-7-10-19/h5-7,9-10,13-17H,3-4,8,11-12,18H2,1-2H3. The third kappa shape index (κ3) is 5.28. The predicted molar refractivity (Wildman–Crippen MR) is 132 cm³/mol. The summed E-state index contributed by atoms with van der Waals surface area (Å²) in [7, 11) is 0. The van der Waals surface area contributed by atoms with Crippen molar-refractivity contribution in [3.63, 3.8) is 0 Å². The average Bonchev–Trinajstić information content (AvgIpc) is 3.33. The van der Waals surface area contributed by atoms with Crippen molar-refractivity contribution in [3.05, 3.63) is 93.8 Å². The molecule has 33 heavy (non-hydrogen) atoms. The van der Waals surface area contributed by atoms with E-state index >= 15 is 0 Å². The first-order valence-electron chi connectivity index (χ1n) is 11.5.